The summed E-state index contributed by atoms with van der Waals surface area (Å²) in [6.45, 7) is 5.29. The fraction of sp³-hybridized carbons (Fsp3) is 0.571. The summed E-state index contributed by atoms with van der Waals surface area (Å²) < 4.78 is 26.6. The lowest BCUT2D eigenvalue weighted by atomic mass is 10.2. The summed E-state index contributed by atoms with van der Waals surface area (Å²) in [5.74, 6) is 0. The highest BCUT2D eigenvalue weighted by molar-refractivity contribution is 7.89. The van der Waals surface area contributed by atoms with Crippen LogP contribution in [0.15, 0.2) is 23.1 Å². The van der Waals surface area contributed by atoms with Crippen molar-refractivity contribution < 1.29 is 13.5 Å². The lowest BCUT2D eigenvalue weighted by Crippen LogP contribution is -2.29. The summed E-state index contributed by atoms with van der Waals surface area (Å²) in [6, 6.07) is 4.66. The first kappa shape index (κ1) is 17.7. The Balaban J connectivity index is 3.15. The number of sulfonamides is 1. The van der Waals surface area contributed by atoms with E-state index in [-0.39, 0.29) is 11.5 Å². The minimum atomic E-state index is -3.51. The first-order valence-electron chi connectivity index (χ1n) is 7.21. The molecule has 1 aromatic rings. The van der Waals surface area contributed by atoms with Gasteiger partial charge in [0.05, 0.1) is 22.9 Å². The van der Waals surface area contributed by atoms with E-state index >= 15 is 0 Å². The number of nitrogen functional groups attached to an aromatic ring is 1. The highest BCUT2D eigenvalue weighted by Crippen LogP contribution is 2.27. The Morgan fingerprint density at radius 2 is 2.00 bits per heavy atom. The molecule has 0 aromatic heterocycles. The summed E-state index contributed by atoms with van der Waals surface area (Å²) >= 11 is 0. The topological polar surface area (TPSA) is 95.7 Å². The van der Waals surface area contributed by atoms with Gasteiger partial charge in [-0.25, -0.2) is 13.1 Å². The summed E-state index contributed by atoms with van der Waals surface area (Å²) in [7, 11) is -3.51. The third kappa shape index (κ3) is 4.87. The first-order chi connectivity index (χ1) is 9.96. The van der Waals surface area contributed by atoms with Gasteiger partial charge < -0.3 is 15.7 Å². The Labute approximate surface area is 127 Å². The van der Waals surface area contributed by atoms with E-state index in [1.165, 1.54) is 6.07 Å². The monoisotopic (exact) mass is 315 g/mol. The van der Waals surface area contributed by atoms with Crippen LogP contribution in [0.2, 0.25) is 0 Å². The maximum absolute atomic E-state index is 12.1. The molecule has 1 aromatic carbocycles. The smallest absolute Gasteiger partial charge is 0.240 e. The molecule has 0 saturated heterocycles. The fourth-order valence-electron chi connectivity index (χ4n) is 2.06. The Morgan fingerprint density at radius 3 is 2.57 bits per heavy atom. The molecule has 6 nitrogen and oxygen atoms in total. The number of anilines is 2. The largest absolute Gasteiger partial charge is 0.397 e. The SMILES string of the molecule is CCCCN(CCO)c1cc(S(=O)(=O)NCC)ccc1N. The van der Waals surface area contributed by atoms with Gasteiger partial charge in [0, 0.05) is 19.6 Å². The number of aliphatic hydroxyl groups excluding tert-OH is 1. The van der Waals surface area contributed by atoms with Crippen molar-refractivity contribution >= 4 is 21.4 Å². The molecule has 1 rings (SSSR count). The molecule has 0 atom stereocenters. The summed E-state index contributed by atoms with van der Waals surface area (Å²) in [6.07, 6.45) is 1.96. The van der Waals surface area contributed by atoms with E-state index in [1.807, 2.05) is 4.90 Å². The molecular weight excluding hydrogens is 290 g/mol. The van der Waals surface area contributed by atoms with Gasteiger partial charge in [0.25, 0.3) is 0 Å². The second-order valence-corrected chi connectivity index (χ2v) is 6.55. The molecule has 0 bridgehead atoms. The Hall–Kier alpha value is -1.31. The van der Waals surface area contributed by atoms with Crippen molar-refractivity contribution in [3.8, 4) is 0 Å². The second-order valence-electron chi connectivity index (χ2n) is 4.79. The number of benzene rings is 1. The van der Waals surface area contributed by atoms with Gasteiger partial charge in [-0.1, -0.05) is 20.3 Å². The van der Waals surface area contributed by atoms with Crippen molar-refractivity contribution in [1.82, 2.24) is 4.72 Å². The quantitative estimate of drug-likeness (QED) is 0.594. The highest BCUT2D eigenvalue weighted by atomic mass is 32.2. The van der Waals surface area contributed by atoms with Crippen LogP contribution in [0.4, 0.5) is 11.4 Å². The molecule has 0 fully saturated rings. The molecule has 0 unspecified atom stereocenters. The number of nitrogens with two attached hydrogens (primary N) is 1. The zero-order valence-corrected chi connectivity index (χ0v) is 13.5. The van der Waals surface area contributed by atoms with Gasteiger partial charge in [0.15, 0.2) is 0 Å². The predicted octanol–water partition coefficient (Wildman–Crippen LogP) is 1.17. The highest BCUT2D eigenvalue weighted by Gasteiger charge is 2.17. The number of hydrogen-bond donors (Lipinski definition) is 3. The molecule has 0 amide bonds. The molecule has 0 saturated carbocycles. The molecule has 0 spiro atoms. The van der Waals surface area contributed by atoms with Crippen LogP contribution in [0, 0.1) is 0 Å². The Bertz CT molecular complexity index is 546. The zero-order chi connectivity index (χ0) is 15.9. The van der Waals surface area contributed by atoms with Crippen molar-refractivity contribution in [2.24, 2.45) is 0 Å². The number of hydrogen-bond acceptors (Lipinski definition) is 5. The van der Waals surface area contributed by atoms with Crippen LogP contribution in [0.5, 0.6) is 0 Å². The molecule has 0 heterocycles. The van der Waals surface area contributed by atoms with Gasteiger partial charge in [0.2, 0.25) is 10.0 Å². The normalized spacial score (nSPS) is 11.6. The average molecular weight is 315 g/mol. The van der Waals surface area contributed by atoms with Crippen LogP contribution in [-0.4, -0.2) is 39.8 Å². The summed E-state index contributed by atoms with van der Waals surface area (Å²) in [4.78, 5) is 2.11. The maximum atomic E-state index is 12.1. The lowest BCUT2D eigenvalue weighted by molar-refractivity contribution is 0.301. The average Bonchev–Trinajstić information content (AvgIpc) is 2.44. The van der Waals surface area contributed by atoms with E-state index in [9.17, 15) is 13.5 Å². The van der Waals surface area contributed by atoms with Crippen molar-refractivity contribution in [3.63, 3.8) is 0 Å². The van der Waals surface area contributed by atoms with Crippen LogP contribution in [0.1, 0.15) is 26.7 Å². The summed E-state index contributed by atoms with van der Waals surface area (Å²) in [5.41, 5.74) is 7.13. The molecule has 0 aliphatic carbocycles. The lowest BCUT2D eigenvalue weighted by Gasteiger charge is -2.25. The van der Waals surface area contributed by atoms with Crippen LogP contribution < -0.4 is 15.4 Å². The Morgan fingerprint density at radius 1 is 1.29 bits per heavy atom. The van der Waals surface area contributed by atoms with Crippen molar-refractivity contribution in [3.05, 3.63) is 18.2 Å². The van der Waals surface area contributed by atoms with E-state index in [1.54, 1.807) is 19.1 Å². The predicted molar refractivity (Wildman–Crippen MR) is 85.9 cm³/mol. The van der Waals surface area contributed by atoms with Gasteiger partial charge >= 0.3 is 0 Å². The van der Waals surface area contributed by atoms with E-state index in [4.69, 9.17) is 5.73 Å². The summed E-state index contributed by atoms with van der Waals surface area (Å²) in [5, 5.41) is 9.19. The molecule has 120 valence electrons. The molecular formula is C14H25N3O3S. The van der Waals surface area contributed by atoms with Crippen LogP contribution in [0.25, 0.3) is 0 Å². The molecule has 0 aliphatic heterocycles. The van der Waals surface area contributed by atoms with Gasteiger partial charge in [-0.2, -0.15) is 0 Å². The minimum absolute atomic E-state index is 0.00661. The molecule has 0 radical (unpaired) electrons. The molecule has 21 heavy (non-hydrogen) atoms. The van der Waals surface area contributed by atoms with Crippen molar-refractivity contribution in [2.45, 2.75) is 31.6 Å². The Kier molecular flexibility index (Phi) is 6.94. The van der Waals surface area contributed by atoms with Crippen LogP contribution in [0.3, 0.4) is 0 Å². The van der Waals surface area contributed by atoms with Crippen LogP contribution in [-0.2, 0) is 10.0 Å². The third-order valence-electron chi connectivity index (χ3n) is 3.14. The molecule has 0 aliphatic rings. The van der Waals surface area contributed by atoms with Gasteiger partial charge in [0.1, 0.15) is 0 Å². The standard InChI is InChI=1S/C14H25N3O3S/c1-3-5-8-17(9-10-18)14-11-12(6-7-13(14)15)21(19,20)16-4-2/h6-7,11,16,18H,3-5,8-10,15H2,1-2H3. The first-order valence-corrected chi connectivity index (χ1v) is 8.69. The number of rotatable bonds is 9. The van der Waals surface area contributed by atoms with Crippen LogP contribution >= 0.6 is 0 Å². The molecule has 7 heteroatoms. The van der Waals surface area contributed by atoms with Crippen molar-refractivity contribution in [1.29, 1.82) is 0 Å². The third-order valence-corrected chi connectivity index (χ3v) is 4.68. The zero-order valence-electron chi connectivity index (χ0n) is 12.7. The van der Waals surface area contributed by atoms with Crippen molar-refractivity contribution in [2.75, 3.05) is 36.9 Å². The second kappa shape index (κ2) is 8.21. The van der Waals surface area contributed by atoms with E-state index < -0.39 is 10.0 Å². The van der Waals surface area contributed by atoms with E-state index in [0.29, 0.717) is 24.5 Å². The minimum Gasteiger partial charge on any atom is -0.397 e. The maximum Gasteiger partial charge on any atom is 0.240 e. The molecule has 4 N–H and O–H groups in total. The number of nitrogens with zero attached hydrogens (tertiary/aromatic N) is 1. The number of aliphatic hydroxyl groups is 1. The van der Waals surface area contributed by atoms with Gasteiger partial charge in [-0.05, 0) is 24.6 Å². The van der Waals surface area contributed by atoms with E-state index in [2.05, 4.69) is 11.6 Å². The van der Waals surface area contributed by atoms with Gasteiger partial charge in [-0.15, -0.1) is 0 Å². The number of nitrogens with one attached hydrogen (secondary N) is 1. The van der Waals surface area contributed by atoms with Gasteiger partial charge in [-0.3, -0.25) is 0 Å². The van der Waals surface area contributed by atoms with E-state index in [0.717, 1.165) is 19.4 Å². The number of unbranched alkanes of at least 4 members (excludes halogenated alkanes) is 1. The fourth-order valence-corrected chi connectivity index (χ4v) is 3.12.